The van der Waals surface area contributed by atoms with E-state index in [1.807, 2.05) is 42.6 Å². The van der Waals surface area contributed by atoms with Crippen molar-refractivity contribution in [1.82, 2.24) is 14.9 Å². The Kier molecular flexibility index (Phi) is 5.39. The van der Waals surface area contributed by atoms with E-state index in [0.717, 1.165) is 48.9 Å². The summed E-state index contributed by atoms with van der Waals surface area (Å²) in [5.41, 5.74) is 4.50. The van der Waals surface area contributed by atoms with Gasteiger partial charge in [0.25, 0.3) is 0 Å². The van der Waals surface area contributed by atoms with E-state index in [9.17, 15) is 0 Å². The highest BCUT2D eigenvalue weighted by molar-refractivity contribution is 5.56. The lowest BCUT2D eigenvalue weighted by molar-refractivity contribution is 0.243. The van der Waals surface area contributed by atoms with Crippen molar-refractivity contribution in [2.45, 2.75) is 19.5 Å². The van der Waals surface area contributed by atoms with E-state index in [-0.39, 0.29) is 0 Å². The first-order valence-corrected chi connectivity index (χ1v) is 9.34. The molecule has 1 aromatic heterocycles. The fourth-order valence-electron chi connectivity index (χ4n) is 3.39. The van der Waals surface area contributed by atoms with Gasteiger partial charge in [-0.3, -0.25) is 4.90 Å². The minimum Gasteiger partial charge on any atom is -0.497 e. The maximum atomic E-state index is 5.26. The first-order chi connectivity index (χ1) is 13.7. The SMILES string of the molecule is COc1ccc(CN2CCc3nc(Nc4cccc(OC)c4)ncc3C2)cc1. The maximum absolute atomic E-state index is 5.26. The summed E-state index contributed by atoms with van der Waals surface area (Å²) in [6.45, 7) is 2.75. The molecule has 4 rings (SSSR count). The minimum atomic E-state index is 0.621. The standard InChI is InChI=1S/C22H24N4O2/c1-27-19-8-6-16(7-9-19)14-26-11-10-21-17(15-26)13-23-22(25-21)24-18-4-3-5-20(12-18)28-2/h3-9,12-13H,10-11,14-15H2,1-2H3,(H,23,24,25). The van der Waals surface area contributed by atoms with Crippen LogP contribution in [0.1, 0.15) is 16.8 Å². The Morgan fingerprint density at radius 3 is 2.64 bits per heavy atom. The molecule has 1 aliphatic rings. The lowest BCUT2D eigenvalue weighted by Crippen LogP contribution is -2.31. The zero-order valence-corrected chi connectivity index (χ0v) is 16.2. The van der Waals surface area contributed by atoms with Crippen LogP contribution < -0.4 is 14.8 Å². The van der Waals surface area contributed by atoms with E-state index in [1.165, 1.54) is 11.1 Å². The Balaban J connectivity index is 1.42. The number of anilines is 2. The monoisotopic (exact) mass is 376 g/mol. The van der Waals surface area contributed by atoms with Gasteiger partial charge in [0.05, 0.1) is 19.9 Å². The predicted molar refractivity (Wildman–Crippen MR) is 109 cm³/mol. The van der Waals surface area contributed by atoms with Crippen LogP contribution in [0, 0.1) is 0 Å². The van der Waals surface area contributed by atoms with E-state index in [4.69, 9.17) is 14.5 Å². The summed E-state index contributed by atoms with van der Waals surface area (Å²) in [5.74, 6) is 2.31. The topological polar surface area (TPSA) is 59.5 Å². The van der Waals surface area contributed by atoms with Gasteiger partial charge in [0, 0.05) is 49.6 Å². The molecule has 0 atom stereocenters. The van der Waals surface area contributed by atoms with Crippen molar-refractivity contribution < 1.29 is 9.47 Å². The minimum absolute atomic E-state index is 0.621. The molecule has 1 aliphatic heterocycles. The molecule has 28 heavy (non-hydrogen) atoms. The average Bonchev–Trinajstić information content (AvgIpc) is 2.74. The molecule has 0 spiro atoms. The molecule has 0 saturated heterocycles. The number of benzene rings is 2. The predicted octanol–water partition coefficient (Wildman–Crippen LogP) is 3.80. The van der Waals surface area contributed by atoms with Crippen LogP contribution in [0.3, 0.4) is 0 Å². The molecule has 144 valence electrons. The summed E-state index contributed by atoms with van der Waals surface area (Å²) in [6, 6.07) is 16.0. The Labute approximate surface area is 165 Å². The van der Waals surface area contributed by atoms with E-state index in [1.54, 1.807) is 14.2 Å². The Hall–Kier alpha value is -3.12. The molecular weight excluding hydrogens is 352 g/mol. The van der Waals surface area contributed by atoms with Gasteiger partial charge < -0.3 is 14.8 Å². The highest BCUT2D eigenvalue weighted by Gasteiger charge is 2.18. The van der Waals surface area contributed by atoms with E-state index < -0.39 is 0 Å². The second-order valence-corrected chi connectivity index (χ2v) is 6.83. The summed E-state index contributed by atoms with van der Waals surface area (Å²) in [6.07, 6.45) is 2.85. The van der Waals surface area contributed by atoms with Crippen molar-refractivity contribution in [2.24, 2.45) is 0 Å². The summed E-state index contributed by atoms with van der Waals surface area (Å²) in [5, 5.41) is 3.26. The molecule has 0 bridgehead atoms. The lowest BCUT2D eigenvalue weighted by Gasteiger charge is -2.28. The number of nitrogens with zero attached hydrogens (tertiary/aromatic N) is 3. The summed E-state index contributed by atoms with van der Waals surface area (Å²) >= 11 is 0. The molecule has 0 saturated carbocycles. The molecule has 0 fully saturated rings. The van der Waals surface area contributed by atoms with E-state index in [2.05, 4.69) is 27.3 Å². The first-order valence-electron chi connectivity index (χ1n) is 9.34. The van der Waals surface area contributed by atoms with Crippen LogP contribution in [0.5, 0.6) is 11.5 Å². The molecule has 0 amide bonds. The van der Waals surface area contributed by atoms with Crippen LogP contribution in [-0.2, 0) is 19.5 Å². The van der Waals surface area contributed by atoms with Crippen molar-refractivity contribution in [2.75, 3.05) is 26.1 Å². The zero-order valence-electron chi connectivity index (χ0n) is 16.2. The second kappa shape index (κ2) is 8.27. The normalized spacial score (nSPS) is 13.6. The Bertz CT molecular complexity index is 944. The molecule has 0 aliphatic carbocycles. The molecule has 0 radical (unpaired) electrons. The second-order valence-electron chi connectivity index (χ2n) is 6.83. The third-order valence-electron chi connectivity index (χ3n) is 4.90. The number of hydrogen-bond acceptors (Lipinski definition) is 6. The summed E-state index contributed by atoms with van der Waals surface area (Å²) in [7, 11) is 3.35. The fourth-order valence-corrected chi connectivity index (χ4v) is 3.39. The van der Waals surface area contributed by atoms with Crippen molar-refractivity contribution in [3.05, 3.63) is 71.5 Å². The van der Waals surface area contributed by atoms with Gasteiger partial charge in [0.15, 0.2) is 0 Å². The van der Waals surface area contributed by atoms with Crippen molar-refractivity contribution in [1.29, 1.82) is 0 Å². The molecule has 2 aromatic carbocycles. The third-order valence-corrected chi connectivity index (χ3v) is 4.90. The van der Waals surface area contributed by atoms with Crippen molar-refractivity contribution in [3.8, 4) is 11.5 Å². The van der Waals surface area contributed by atoms with Crippen molar-refractivity contribution in [3.63, 3.8) is 0 Å². The smallest absolute Gasteiger partial charge is 0.227 e. The molecule has 6 nitrogen and oxygen atoms in total. The number of methoxy groups -OCH3 is 2. The molecule has 1 N–H and O–H groups in total. The van der Waals surface area contributed by atoms with Gasteiger partial charge in [0.2, 0.25) is 5.95 Å². The van der Waals surface area contributed by atoms with Crippen LogP contribution in [-0.4, -0.2) is 35.6 Å². The van der Waals surface area contributed by atoms with Crippen LogP contribution in [0.15, 0.2) is 54.7 Å². The summed E-state index contributed by atoms with van der Waals surface area (Å²) < 4.78 is 10.5. The van der Waals surface area contributed by atoms with Gasteiger partial charge in [0.1, 0.15) is 11.5 Å². The lowest BCUT2D eigenvalue weighted by atomic mass is 10.1. The molecule has 2 heterocycles. The van der Waals surface area contributed by atoms with E-state index >= 15 is 0 Å². The van der Waals surface area contributed by atoms with Crippen molar-refractivity contribution >= 4 is 11.6 Å². The quantitative estimate of drug-likeness (QED) is 0.706. The number of ether oxygens (including phenoxy) is 2. The molecular formula is C22H24N4O2. The van der Waals surface area contributed by atoms with Gasteiger partial charge in [-0.25, -0.2) is 9.97 Å². The number of fused-ring (bicyclic) bond motifs is 1. The molecule has 3 aromatic rings. The highest BCUT2D eigenvalue weighted by atomic mass is 16.5. The number of aromatic nitrogens is 2. The van der Waals surface area contributed by atoms with Gasteiger partial charge in [-0.2, -0.15) is 0 Å². The third kappa shape index (κ3) is 4.23. The summed E-state index contributed by atoms with van der Waals surface area (Å²) in [4.78, 5) is 11.6. The Morgan fingerprint density at radius 2 is 1.86 bits per heavy atom. The van der Waals surface area contributed by atoms with Gasteiger partial charge >= 0.3 is 0 Å². The number of hydrogen-bond donors (Lipinski definition) is 1. The van der Waals surface area contributed by atoms with Crippen LogP contribution in [0.4, 0.5) is 11.6 Å². The zero-order chi connectivity index (χ0) is 19.3. The maximum Gasteiger partial charge on any atom is 0.227 e. The van der Waals surface area contributed by atoms with Gasteiger partial charge in [-0.05, 0) is 29.8 Å². The van der Waals surface area contributed by atoms with Gasteiger partial charge in [-0.15, -0.1) is 0 Å². The fraction of sp³-hybridized carbons (Fsp3) is 0.273. The van der Waals surface area contributed by atoms with Gasteiger partial charge in [-0.1, -0.05) is 18.2 Å². The van der Waals surface area contributed by atoms with E-state index in [0.29, 0.717) is 5.95 Å². The molecule has 0 unspecified atom stereocenters. The largest absolute Gasteiger partial charge is 0.497 e. The number of nitrogens with one attached hydrogen (secondary N) is 1. The molecule has 6 heteroatoms. The average molecular weight is 376 g/mol. The van der Waals surface area contributed by atoms with Crippen LogP contribution in [0.2, 0.25) is 0 Å². The first kappa shape index (κ1) is 18.3. The number of rotatable bonds is 6. The highest BCUT2D eigenvalue weighted by Crippen LogP contribution is 2.23. The Morgan fingerprint density at radius 1 is 1.04 bits per heavy atom. The van der Waals surface area contributed by atoms with Crippen LogP contribution >= 0.6 is 0 Å². The van der Waals surface area contributed by atoms with Crippen LogP contribution in [0.25, 0.3) is 0 Å².